The van der Waals surface area contributed by atoms with E-state index in [2.05, 4.69) is 81.9 Å². The molecule has 0 saturated carbocycles. The van der Waals surface area contributed by atoms with Crippen LogP contribution in [0, 0.1) is 34.0 Å². The maximum absolute atomic E-state index is 10.4. The minimum Gasteiger partial charge on any atom is -0.309 e. The monoisotopic (exact) mass is 635 g/mol. The number of nitrogens with zero attached hydrogens (tertiary/aromatic N) is 5. The van der Waals surface area contributed by atoms with E-state index < -0.39 is 0 Å². The summed E-state index contributed by atoms with van der Waals surface area (Å²) in [5.74, 6) is 0. The van der Waals surface area contributed by atoms with E-state index in [1.165, 1.54) is 0 Å². The molecule has 0 radical (unpaired) electrons. The van der Waals surface area contributed by atoms with E-state index in [1.54, 1.807) is 0 Å². The summed E-state index contributed by atoms with van der Waals surface area (Å²) in [5.41, 5.74) is 11.3. The number of aromatic nitrogens is 2. The fraction of sp³-hybridized carbons (Fsp3) is 0. The zero-order chi connectivity index (χ0) is 33.8. The molecule has 0 aliphatic rings. The molecule has 5 nitrogen and oxygen atoms in total. The van der Waals surface area contributed by atoms with Gasteiger partial charge in [0.2, 0.25) is 0 Å². The first-order valence-electron chi connectivity index (χ1n) is 16.3. The molecule has 2 aromatic heterocycles. The second-order valence-corrected chi connectivity index (χ2v) is 12.3. The second-order valence-electron chi connectivity index (χ2n) is 12.3. The molecule has 5 heteroatoms. The lowest BCUT2D eigenvalue weighted by atomic mass is 9.91. The largest absolute Gasteiger partial charge is 0.309 e. The summed E-state index contributed by atoms with van der Waals surface area (Å²) >= 11 is 0. The minimum atomic E-state index is 0.552. The Morgan fingerprint density at radius 2 is 0.900 bits per heavy atom. The van der Waals surface area contributed by atoms with Gasteiger partial charge in [-0.1, -0.05) is 84.9 Å². The van der Waals surface area contributed by atoms with Crippen LogP contribution < -0.4 is 0 Å². The summed E-state index contributed by atoms with van der Waals surface area (Å²) in [5, 5.41) is 34.4. The summed E-state index contributed by atoms with van der Waals surface area (Å²) in [6.45, 7) is 0. The zero-order valence-electron chi connectivity index (χ0n) is 26.7. The Bertz CT molecular complexity index is 2920. The molecule has 0 atom stereocenters. The van der Waals surface area contributed by atoms with E-state index in [0.29, 0.717) is 16.7 Å². The Kier molecular flexibility index (Phi) is 6.56. The van der Waals surface area contributed by atoms with Crippen LogP contribution in [0.15, 0.2) is 152 Å². The lowest BCUT2D eigenvalue weighted by molar-refractivity contribution is 1.17. The molecule has 0 spiro atoms. The van der Waals surface area contributed by atoms with Crippen molar-refractivity contribution in [1.29, 1.82) is 15.8 Å². The predicted octanol–water partition coefficient (Wildman–Crippen LogP) is 10.8. The second kappa shape index (κ2) is 11.4. The van der Waals surface area contributed by atoms with Gasteiger partial charge in [0.1, 0.15) is 6.07 Å². The van der Waals surface area contributed by atoms with Crippen LogP contribution in [0.5, 0.6) is 0 Å². The number of hydrogen-bond donors (Lipinski definition) is 0. The third-order valence-electron chi connectivity index (χ3n) is 9.64. The van der Waals surface area contributed by atoms with Crippen LogP contribution in [0.2, 0.25) is 0 Å². The van der Waals surface area contributed by atoms with E-state index in [0.717, 1.165) is 77.2 Å². The normalized spacial score (nSPS) is 11.1. The van der Waals surface area contributed by atoms with Crippen molar-refractivity contribution in [3.63, 3.8) is 0 Å². The van der Waals surface area contributed by atoms with Gasteiger partial charge in [-0.05, 0) is 83.4 Å². The van der Waals surface area contributed by atoms with Crippen LogP contribution in [0.25, 0.3) is 77.2 Å². The van der Waals surface area contributed by atoms with E-state index in [9.17, 15) is 15.8 Å². The topological polar surface area (TPSA) is 81.2 Å². The van der Waals surface area contributed by atoms with Gasteiger partial charge in [-0.3, -0.25) is 0 Å². The lowest BCUT2D eigenvalue weighted by Gasteiger charge is -2.18. The van der Waals surface area contributed by atoms with Crippen LogP contribution in [0.3, 0.4) is 0 Å². The average Bonchev–Trinajstić information content (AvgIpc) is 3.70. The maximum Gasteiger partial charge on any atom is 0.101 e. The van der Waals surface area contributed by atoms with Crippen molar-refractivity contribution in [3.05, 3.63) is 168 Å². The van der Waals surface area contributed by atoms with Gasteiger partial charge in [-0.25, -0.2) is 0 Å². The fourth-order valence-corrected chi connectivity index (χ4v) is 7.45. The van der Waals surface area contributed by atoms with Crippen molar-refractivity contribution in [3.8, 4) is 51.8 Å². The van der Waals surface area contributed by atoms with Gasteiger partial charge in [0.15, 0.2) is 0 Å². The molecular weight excluding hydrogens is 611 g/mol. The van der Waals surface area contributed by atoms with Crippen molar-refractivity contribution in [2.24, 2.45) is 0 Å². The summed E-state index contributed by atoms with van der Waals surface area (Å²) in [7, 11) is 0. The molecule has 7 aromatic carbocycles. The quantitative estimate of drug-likeness (QED) is 0.193. The Hall–Kier alpha value is -7.39. The third-order valence-corrected chi connectivity index (χ3v) is 9.64. The van der Waals surface area contributed by atoms with Crippen molar-refractivity contribution >= 4 is 43.6 Å². The van der Waals surface area contributed by atoms with Crippen LogP contribution in [-0.4, -0.2) is 9.13 Å². The Labute approximate surface area is 287 Å². The first-order valence-corrected chi connectivity index (χ1v) is 16.3. The first kappa shape index (κ1) is 28.8. The minimum absolute atomic E-state index is 0.552. The van der Waals surface area contributed by atoms with Gasteiger partial charge >= 0.3 is 0 Å². The molecule has 0 fully saturated rings. The number of benzene rings is 7. The Morgan fingerprint density at radius 1 is 0.360 bits per heavy atom. The molecule has 2 heterocycles. The average molecular weight is 636 g/mol. The van der Waals surface area contributed by atoms with Gasteiger partial charge in [0.25, 0.3) is 0 Å². The van der Waals surface area contributed by atoms with Crippen LogP contribution in [0.1, 0.15) is 16.7 Å². The highest BCUT2D eigenvalue weighted by molar-refractivity contribution is 6.11. The third kappa shape index (κ3) is 4.31. The highest BCUT2D eigenvalue weighted by Gasteiger charge is 2.20. The SMILES string of the molecule is N#Cc1ccc(-c2ccc(C#N)c(-n3c4ccccc4c4ccccc43)c2)c(-c2ccccc2-n2c3ccccc3c3cc(C#N)ccc32)c1. The summed E-state index contributed by atoms with van der Waals surface area (Å²) in [4.78, 5) is 0. The molecule has 9 aromatic rings. The van der Waals surface area contributed by atoms with Crippen molar-refractivity contribution in [2.45, 2.75) is 0 Å². The summed E-state index contributed by atoms with van der Waals surface area (Å²) in [6, 6.07) is 57.7. The molecule has 0 unspecified atom stereocenters. The molecule has 0 aliphatic heterocycles. The number of hydrogen-bond acceptors (Lipinski definition) is 3. The van der Waals surface area contributed by atoms with Crippen LogP contribution in [-0.2, 0) is 0 Å². The molecule has 230 valence electrons. The highest BCUT2D eigenvalue weighted by atomic mass is 15.0. The number of nitriles is 3. The molecule has 0 bridgehead atoms. The van der Waals surface area contributed by atoms with Crippen molar-refractivity contribution < 1.29 is 0 Å². The van der Waals surface area contributed by atoms with Gasteiger partial charge in [-0.2, -0.15) is 15.8 Å². The van der Waals surface area contributed by atoms with E-state index in [-0.39, 0.29) is 0 Å². The fourth-order valence-electron chi connectivity index (χ4n) is 7.45. The van der Waals surface area contributed by atoms with Crippen molar-refractivity contribution in [2.75, 3.05) is 0 Å². The number of rotatable bonds is 4. The van der Waals surface area contributed by atoms with E-state index in [4.69, 9.17) is 0 Å². The van der Waals surface area contributed by atoms with Gasteiger partial charge in [-0.15, -0.1) is 0 Å². The molecule has 0 aliphatic carbocycles. The van der Waals surface area contributed by atoms with Gasteiger partial charge < -0.3 is 9.13 Å². The molecule has 50 heavy (non-hydrogen) atoms. The van der Waals surface area contributed by atoms with E-state index in [1.807, 2.05) is 97.1 Å². The van der Waals surface area contributed by atoms with Crippen LogP contribution >= 0.6 is 0 Å². The van der Waals surface area contributed by atoms with Gasteiger partial charge in [0.05, 0.1) is 62.3 Å². The molecule has 0 amide bonds. The predicted molar refractivity (Wildman–Crippen MR) is 200 cm³/mol. The lowest BCUT2D eigenvalue weighted by Crippen LogP contribution is -2.00. The maximum atomic E-state index is 10.4. The van der Waals surface area contributed by atoms with Crippen molar-refractivity contribution in [1.82, 2.24) is 9.13 Å². The molecule has 0 saturated heterocycles. The Balaban J connectivity index is 1.31. The van der Waals surface area contributed by atoms with Gasteiger partial charge in [0, 0.05) is 27.1 Å². The Morgan fingerprint density at radius 3 is 1.56 bits per heavy atom. The standard InChI is InChI=1S/C45H25N5/c46-26-29-17-21-33(31-19-20-32(28-48)45(25-31)50-40-13-5-1-9-34(40)35-10-2-6-14-41(35)50)38(23-29)36-11-3-7-15-42(36)49-43-16-8-4-12-37(43)39-24-30(27-47)18-22-44(39)49/h1-25H. The number of fused-ring (bicyclic) bond motifs is 6. The highest BCUT2D eigenvalue weighted by Crippen LogP contribution is 2.41. The molecular formula is C45H25N5. The van der Waals surface area contributed by atoms with Crippen LogP contribution in [0.4, 0.5) is 0 Å². The first-order chi connectivity index (χ1) is 24.7. The smallest absolute Gasteiger partial charge is 0.101 e. The number of para-hydroxylation sites is 4. The summed E-state index contributed by atoms with van der Waals surface area (Å²) in [6.07, 6.45) is 0. The summed E-state index contributed by atoms with van der Waals surface area (Å²) < 4.78 is 4.42. The zero-order valence-corrected chi connectivity index (χ0v) is 26.7. The molecule has 9 rings (SSSR count). The van der Waals surface area contributed by atoms with E-state index >= 15 is 0 Å². The molecule has 0 N–H and O–H groups in total.